The Kier molecular flexibility index (Phi) is 5.48. The summed E-state index contributed by atoms with van der Waals surface area (Å²) in [6.45, 7) is 6.45. The molecule has 4 nitrogen and oxygen atoms in total. The normalized spacial score (nSPS) is 17.0. The van der Waals surface area contributed by atoms with Crippen LogP contribution in [-0.4, -0.2) is 29.2 Å². The van der Waals surface area contributed by atoms with Crippen molar-refractivity contribution in [1.82, 2.24) is 10.3 Å². The number of pyridine rings is 1. The first-order valence-electron chi connectivity index (χ1n) is 8.79. The molecular weight excluding hydrogens is 298 g/mol. The molecule has 1 aromatic carbocycles. The molecular formula is C20H27N3O. The van der Waals surface area contributed by atoms with Gasteiger partial charge in [-0.15, -0.1) is 0 Å². The Bertz CT molecular complexity index is 648. The molecule has 0 aliphatic carbocycles. The Labute approximate surface area is 144 Å². The van der Waals surface area contributed by atoms with Crippen molar-refractivity contribution in [2.75, 3.05) is 18.0 Å². The van der Waals surface area contributed by atoms with Crippen molar-refractivity contribution in [3.63, 3.8) is 0 Å². The van der Waals surface area contributed by atoms with E-state index in [0.717, 1.165) is 37.3 Å². The molecule has 1 atom stereocenters. The fourth-order valence-corrected chi connectivity index (χ4v) is 3.33. The van der Waals surface area contributed by atoms with Crippen LogP contribution in [-0.2, 0) is 6.61 Å². The van der Waals surface area contributed by atoms with E-state index in [0.29, 0.717) is 12.1 Å². The number of hydrogen-bond acceptors (Lipinski definition) is 4. The van der Waals surface area contributed by atoms with Crippen LogP contribution in [0.25, 0.3) is 0 Å². The number of hydrogen-bond donors (Lipinski definition) is 2. The maximum Gasteiger partial charge on any atom is 0.128 e. The van der Waals surface area contributed by atoms with Gasteiger partial charge in [-0.05, 0) is 49.4 Å². The molecule has 1 aliphatic heterocycles. The minimum absolute atomic E-state index is 0.0997. The Morgan fingerprint density at radius 1 is 1.25 bits per heavy atom. The topological polar surface area (TPSA) is 48.4 Å². The van der Waals surface area contributed by atoms with Gasteiger partial charge in [0.05, 0.1) is 6.61 Å². The molecule has 2 heterocycles. The van der Waals surface area contributed by atoms with E-state index in [1.807, 2.05) is 18.3 Å². The third-order valence-electron chi connectivity index (χ3n) is 4.83. The lowest BCUT2D eigenvalue weighted by Gasteiger charge is -2.34. The highest BCUT2D eigenvalue weighted by molar-refractivity contribution is 5.39. The van der Waals surface area contributed by atoms with E-state index in [-0.39, 0.29) is 6.61 Å². The van der Waals surface area contributed by atoms with Crippen molar-refractivity contribution >= 4 is 5.82 Å². The third kappa shape index (κ3) is 4.13. The Morgan fingerprint density at radius 2 is 2.04 bits per heavy atom. The van der Waals surface area contributed by atoms with Gasteiger partial charge in [0, 0.05) is 31.4 Å². The lowest BCUT2D eigenvalue weighted by molar-refractivity contribution is 0.281. The van der Waals surface area contributed by atoms with Gasteiger partial charge in [-0.25, -0.2) is 4.98 Å². The maximum atomic E-state index is 9.29. The van der Waals surface area contributed by atoms with E-state index in [9.17, 15) is 5.11 Å². The minimum atomic E-state index is 0.0997. The summed E-state index contributed by atoms with van der Waals surface area (Å²) in [4.78, 5) is 6.91. The number of benzene rings is 1. The summed E-state index contributed by atoms with van der Waals surface area (Å²) in [7, 11) is 0. The SMILES string of the molecule is Cc1ccc(N2CCC(NC(C)c3cccc(CO)c3)CC2)nc1. The number of nitrogens with zero attached hydrogens (tertiary/aromatic N) is 2. The molecule has 0 radical (unpaired) electrons. The molecule has 4 heteroatoms. The number of nitrogens with one attached hydrogen (secondary N) is 1. The summed E-state index contributed by atoms with van der Waals surface area (Å²) in [5.41, 5.74) is 3.42. The molecule has 1 saturated heterocycles. The van der Waals surface area contributed by atoms with Crippen LogP contribution in [0.1, 0.15) is 42.5 Å². The zero-order valence-corrected chi connectivity index (χ0v) is 14.6. The molecule has 1 unspecified atom stereocenters. The van der Waals surface area contributed by atoms with Gasteiger partial charge in [0.15, 0.2) is 0 Å². The number of rotatable bonds is 5. The first-order chi connectivity index (χ1) is 11.7. The molecule has 2 aromatic rings. The van der Waals surface area contributed by atoms with Crippen molar-refractivity contribution in [3.8, 4) is 0 Å². The predicted molar refractivity (Wildman–Crippen MR) is 98.1 cm³/mol. The van der Waals surface area contributed by atoms with Gasteiger partial charge in [-0.2, -0.15) is 0 Å². The van der Waals surface area contributed by atoms with Gasteiger partial charge in [0.1, 0.15) is 5.82 Å². The highest BCUT2D eigenvalue weighted by atomic mass is 16.3. The summed E-state index contributed by atoms with van der Waals surface area (Å²) in [6, 6.07) is 13.3. The molecule has 1 aromatic heterocycles. The van der Waals surface area contributed by atoms with E-state index < -0.39 is 0 Å². The fraction of sp³-hybridized carbons (Fsp3) is 0.450. The van der Waals surface area contributed by atoms with Crippen LogP contribution < -0.4 is 10.2 Å². The van der Waals surface area contributed by atoms with Crippen molar-refractivity contribution in [2.24, 2.45) is 0 Å². The quantitative estimate of drug-likeness (QED) is 0.886. The van der Waals surface area contributed by atoms with Crippen molar-refractivity contribution in [3.05, 3.63) is 59.3 Å². The summed E-state index contributed by atoms with van der Waals surface area (Å²) in [5.74, 6) is 1.09. The smallest absolute Gasteiger partial charge is 0.128 e. The molecule has 1 fully saturated rings. The Hall–Kier alpha value is -1.91. The van der Waals surface area contributed by atoms with Gasteiger partial charge in [-0.3, -0.25) is 0 Å². The molecule has 0 saturated carbocycles. The first-order valence-corrected chi connectivity index (χ1v) is 8.79. The largest absolute Gasteiger partial charge is 0.392 e. The molecule has 24 heavy (non-hydrogen) atoms. The standard InChI is InChI=1S/C20H27N3O/c1-15-6-7-20(21-13-15)23-10-8-19(9-11-23)22-16(2)18-5-3-4-17(12-18)14-24/h3-7,12-13,16,19,22,24H,8-11,14H2,1-2H3. The average molecular weight is 325 g/mol. The summed E-state index contributed by atoms with van der Waals surface area (Å²) >= 11 is 0. The lowest BCUT2D eigenvalue weighted by Crippen LogP contribution is -2.43. The van der Waals surface area contributed by atoms with Crippen LogP contribution in [0.3, 0.4) is 0 Å². The van der Waals surface area contributed by atoms with E-state index >= 15 is 0 Å². The van der Waals surface area contributed by atoms with Crippen LogP contribution in [0.15, 0.2) is 42.6 Å². The van der Waals surface area contributed by atoms with Crippen LogP contribution >= 0.6 is 0 Å². The summed E-state index contributed by atoms with van der Waals surface area (Å²) < 4.78 is 0. The average Bonchev–Trinajstić information content (AvgIpc) is 2.63. The van der Waals surface area contributed by atoms with Gasteiger partial charge in [0.25, 0.3) is 0 Å². The van der Waals surface area contributed by atoms with E-state index in [1.54, 1.807) is 0 Å². The van der Waals surface area contributed by atoms with Crippen molar-refractivity contribution in [1.29, 1.82) is 0 Å². The zero-order chi connectivity index (χ0) is 16.9. The van der Waals surface area contributed by atoms with E-state index in [4.69, 9.17) is 0 Å². The number of aliphatic hydroxyl groups is 1. The second-order valence-corrected chi connectivity index (χ2v) is 6.75. The number of aromatic nitrogens is 1. The molecule has 0 bridgehead atoms. The molecule has 0 spiro atoms. The third-order valence-corrected chi connectivity index (χ3v) is 4.83. The van der Waals surface area contributed by atoms with Gasteiger partial charge in [0.2, 0.25) is 0 Å². The fourth-order valence-electron chi connectivity index (χ4n) is 3.33. The molecule has 128 valence electrons. The first kappa shape index (κ1) is 16.9. The molecule has 1 aliphatic rings. The monoisotopic (exact) mass is 325 g/mol. The van der Waals surface area contributed by atoms with Crippen molar-refractivity contribution in [2.45, 2.75) is 45.4 Å². The number of aryl methyl sites for hydroxylation is 1. The zero-order valence-electron chi connectivity index (χ0n) is 14.6. The number of piperidine rings is 1. The Balaban J connectivity index is 1.54. The highest BCUT2D eigenvalue weighted by Crippen LogP contribution is 2.21. The van der Waals surface area contributed by atoms with Crippen LogP contribution in [0.2, 0.25) is 0 Å². The maximum absolute atomic E-state index is 9.29. The van der Waals surface area contributed by atoms with E-state index in [2.05, 4.69) is 53.3 Å². The Morgan fingerprint density at radius 3 is 2.71 bits per heavy atom. The second kappa shape index (κ2) is 7.77. The minimum Gasteiger partial charge on any atom is -0.392 e. The molecule has 0 amide bonds. The van der Waals surface area contributed by atoms with Gasteiger partial charge in [-0.1, -0.05) is 30.3 Å². The predicted octanol–water partition coefficient (Wildman–Crippen LogP) is 3.20. The summed E-state index contributed by atoms with van der Waals surface area (Å²) in [6.07, 6.45) is 4.19. The van der Waals surface area contributed by atoms with Crippen LogP contribution in [0, 0.1) is 6.92 Å². The number of aliphatic hydroxyl groups excluding tert-OH is 1. The second-order valence-electron chi connectivity index (χ2n) is 6.75. The molecule has 2 N–H and O–H groups in total. The van der Waals surface area contributed by atoms with Crippen molar-refractivity contribution < 1.29 is 5.11 Å². The van der Waals surface area contributed by atoms with Gasteiger partial charge >= 0.3 is 0 Å². The van der Waals surface area contributed by atoms with E-state index in [1.165, 1.54) is 11.1 Å². The number of anilines is 1. The lowest BCUT2D eigenvalue weighted by atomic mass is 10.0. The van der Waals surface area contributed by atoms with Crippen LogP contribution in [0.4, 0.5) is 5.82 Å². The molecule has 3 rings (SSSR count). The van der Waals surface area contributed by atoms with Gasteiger partial charge < -0.3 is 15.3 Å². The van der Waals surface area contributed by atoms with Crippen LogP contribution in [0.5, 0.6) is 0 Å². The summed E-state index contributed by atoms with van der Waals surface area (Å²) in [5, 5.41) is 13.0. The highest BCUT2D eigenvalue weighted by Gasteiger charge is 2.21.